The maximum atomic E-state index is 13.2. The number of hydrogen-bond donors (Lipinski definition) is 2. The van der Waals surface area contributed by atoms with Crippen LogP contribution < -0.4 is 21.9 Å². The van der Waals surface area contributed by atoms with Gasteiger partial charge in [-0.3, -0.25) is 19.1 Å². The number of nitrogen functional groups attached to an aromatic ring is 1. The molecule has 1 amide bonds. The van der Waals surface area contributed by atoms with Gasteiger partial charge in [0.05, 0.1) is 5.56 Å². The molecule has 2 aromatic heterocycles. The van der Waals surface area contributed by atoms with Crippen molar-refractivity contribution in [2.24, 2.45) is 0 Å². The van der Waals surface area contributed by atoms with Gasteiger partial charge >= 0.3 is 11.7 Å². The van der Waals surface area contributed by atoms with Gasteiger partial charge < -0.3 is 15.4 Å². The van der Waals surface area contributed by atoms with Gasteiger partial charge in [-0.2, -0.15) is 0 Å². The van der Waals surface area contributed by atoms with Crippen LogP contribution in [0, 0.1) is 0 Å². The summed E-state index contributed by atoms with van der Waals surface area (Å²) >= 11 is 1.55. The van der Waals surface area contributed by atoms with Gasteiger partial charge in [0.1, 0.15) is 5.82 Å². The number of nitrogens with zero attached hydrogens (tertiary/aromatic N) is 2. The Morgan fingerprint density at radius 2 is 1.88 bits per heavy atom. The molecule has 0 bridgehead atoms. The van der Waals surface area contributed by atoms with Crippen LogP contribution in [0.25, 0.3) is 0 Å². The lowest BCUT2D eigenvalue weighted by Gasteiger charge is -2.24. The van der Waals surface area contributed by atoms with Gasteiger partial charge in [0, 0.05) is 23.3 Å². The van der Waals surface area contributed by atoms with Crippen molar-refractivity contribution in [3.8, 4) is 0 Å². The second kappa shape index (κ2) is 12.0. The molecule has 0 spiro atoms. The quantitative estimate of drug-likeness (QED) is 0.368. The molecular formula is C24H34N4O5S. The number of carbonyl (C=O) groups is 2. The number of nitrogens with two attached hydrogens (primary N) is 1. The highest BCUT2D eigenvalue weighted by Crippen LogP contribution is 2.30. The first kappa shape index (κ1) is 25.7. The van der Waals surface area contributed by atoms with Crippen LogP contribution in [0.2, 0.25) is 0 Å². The van der Waals surface area contributed by atoms with Gasteiger partial charge in [0.15, 0.2) is 12.3 Å². The lowest BCUT2D eigenvalue weighted by molar-refractivity contribution is -0.121. The minimum atomic E-state index is -0.724. The van der Waals surface area contributed by atoms with E-state index in [0.29, 0.717) is 24.9 Å². The number of H-pyrrole nitrogens is 1. The van der Waals surface area contributed by atoms with E-state index in [1.165, 1.54) is 14.3 Å². The Bertz CT molecular complexity index is 1130. The van der Waals surface area contributed by atoms with Gasteiger partial charge in [-0.25, -0.2) is 9.59 Å². The molecule has 0 aromatic carbocycles. The predicted molar refractivity (Wildman–Crippen MR) is 134 cm³/mol. The zero-order valence-corrected chi connectivity index (χ0v) is 20.8. The fourth-order valence-corrected chi connectivity index (χ4v) is 5.32. The zero-order valence-electron chi connectivity index (χ0n) is 20.0. The first-order valence-electron chi connectivity index (χ1n) is 12.1. The first-order valence-corrected chi connectivity index (χ1v) is 13.0. The summed E-state index contributed by atoms with van der Waals surface area (Å²) in [6, 6.07) is 0. The Kier molecular flexibility index (Phi) is 9.09. The first-order chi connectivity index (χ1) is 16.4. The van der Waals surface area contributed by atoms with Gasteiger partial charge in [-0.1, -0.05) is 33.1 Å². The Labute approximate surface area is 202 Å². The molecule has 1 aliphatic rings. The topological polar surface area (TPSA) is 127 Å². The number of anilines is 2. The highest BCUT2D eigenvalue weighted by Gasteiger charge is 2.26. The number of esters is 1. The third kappa shape index (κ3) is 5.78. The molecule has 10 heteroatoms. The lowest BCUT2D eigenvalue weighted by Crippen LogP contribution is -2.43. The number of ether oxygens (including phenoxy) is 1. The zero-order chi connectivity index (χ0) is 24.7. The van der Waals surface area contributed by atoms with Crippen molar-refractivity contribution >= 4 is 34.7 Å². The normalized spacial score (nSPS) is 12.9. The number of hydrogen-bond acceptors (Lipinski definition) is 7. The SMILES string of the molecule is CCCCCN(C(=O)COC(=O)c1csc2c1CCCC2)c1c(N)n(CCCC)c(=O)[nH]c1=O. The molecule has 2 heterocycles. The molecule has 0 saturated heterocycles. The van der Waals surface area contributed by atoms with Crippen LogP contribution in [0.1, 0.15) is 79.6 Å². The predicted octanol–water partition coefficient (Wildman–Crippen LogP) is 3.24. The number of thiophene rings is 1. The number of carbonyl (C=O) groups excluding carboxylic acids is 2. The van der Waals surface area contributed by atoms with E-state index < -0.39 is 29.7 Å². The number of aryl methyl sites for hydroxylation is 1. The van der Waals surface area contributed by atoms with Crippen LogP contribution in [-0.4, -0.2) is 34.6 Å². The maximum absolute atomic E-state index is 13.2. The summed E-state index contributed by atoms with van der Waals surface area (Å²) < 4.78 is 6.66. The Balaban J connectivity index is 1.82. The highest BCUT2D eigenvalue weighted by molar-refractivity contribution is 7.10. The molecule has 0 saturated carbocycles. The molecule has 0 atom stereocenters. The fraction of sp³-hybridized carbons (Fsp3) is 0.583. The number of aromatic nitrogens is 2. The fourth-order valence-electron chi connectivity index (χ4n) is 4.21. The van der Waals surface area contributed by atoms with E-state index in [2.05, 4.69) is 4.98 Å². The lowest BCUT2D eigenvalue weighted by atomic mass is 9.96. The van der Waals surface area contributed by atoms with Crippen molar-refractivity contribution in [2.75, 3.05) is 23.8 Å². The molecule has 34 heavy (non-hydrogen) atoms. The van der Waals surface area contributed by atoms with E-state index in [4.69, 9.17) is 10.5 Å². The number of unbranched alkanes of at least 4 members (excludes halogenated alkanes) is 3. The molecular weight excluding hydrogens is 456 g/mol. The van der Waals surface area contributed by atoms with Crippen LogP contribution in [0.3, 0.4) is 0 Å². The summed E-state index contributed by atoms with van der Waals surface area (Å²) in [6.45, 7) is 4.06. The van der Waals surface area contributed by atoms with Gasteiger partial charge in [-0.15, -0.1) is 11.3 Å². The summed E-state index contributed by atoms with van der Waals surface area (Å²) in [5, 5.41) is 1.80. The van der Waals surface area contributed by atoms with Gasteiger partial charge in [-0.05, 0) is 44.1 Å². The molecule has 186 valence electrons. The van der Waals surface area contributed by atoms with Crippen molar-refractivity contribution in [3.63, 3.8) is 0 Å². The smallest absolute Gasteiger partial charge is 0.339 e. The maximum Gasteiger partial charge on any atom is 0.339 e. The third-order valence-corrected chi connectivity index (χ3v) is 7.20. The molecule has 3 rings (SSSR count). The average molecular weight is 491 g/mol. The number of nitrogens with one attached hydrogen (secondary N) is 1. The minimum absolute atomic E-state index is 0.0507. The largest absolute Gasteiger partial charge is 0.452 e. The van der Waals surface area contributed by atoms with Crippen LogP contribution in [0.5, 0.6) is 0 Å². The van der Waals surface area contributed by atoms with Gasteiger partial charge in [0.2, 0.25) is 0 Å². The van der Waals surface area contributed by atoms with E-state index in [1.54, 1.807) is 16.7 Å². The van der Waals surface area contributed by atoms with Crippen molar-refractivity contribution in [2.45, 2.75) is 78.2 Å². The molecule has 3 N–H and O–H groups in total. The summed E-state index contributed by atoms with van der Waals surface area (Å²) in [5.41, 5.74) is 6.37. The van der Waals surface area contributed by atoms with E-state index in [1.807, 2.05) is 13.8 Å². The molecule has 0 fully saturated rings. The van der Waals surface area contributed by atoms with Crippen LogP contribution in [0.4, 0.5) is 11.5 Å². The van der Waals surface area contributed by atoms with Crippen molar-refractivity contribution in [3.05, 3.63) is 42.2 Å². The molecule has 1 aliphatic carbocycles. The van der Waals surface area contributed by atoms with E-state index in [9.17, 15) is 19.2 Å². The number of aromatic amines is 1. The van der Waals surface area contributed by atoms with Gasteiger partial charge in [0.25, 0.3) is 11.5 Å². The van der Waals surface area contributed by atoms with Crippen molar-refractivity contribution in [1.82, 2.24) is 9.55 Å². The Morgan fingerprint density at radius 1 is 1.15 bits per heavy atom. The van der Waals surface area contributed by atoms with E-state index in [-0.39, 0.29) is 18.1 Å². The third-order valence-electron chi connectivity index (χ3n) is 6.11. The number of amides is 1. The minimum Gasteiger partial charge on any atom is -0.452 e. The average Bonchev–Trinajstić information content (AvgIpc) is 3.25. The summed E-state index contributed by atoms with van der Waals surface area (Å²) in [5.74, 6) is -1.13. The Morgan fingerprint density at radius 3 is 2.62 bits per heavy atom. The summed E-state index contributed by atoms with van der Waals surface area (Å²) in [6.07, 6.45) is 7.89. The molecule has 0 radical (unpaired) electrons. The van der Waals surface area contributed by atoms with Crippen molar-refractivity contribution < 1.29 is 14.3 Å². The number of rotatable bonds is 11. The molecule has 0 unspecified atom stereocenters. The molecule has 0 aliphatic heterocycles. The van der Waals surface area contributed by atoms with E-state index >= 15 is 0 Å². The van der Waals surface area contributed by atoms with E-state index in [0.717, 1.165) is 50.5 Å². The second-order valence-corrected chi connectivity index (χ2v) is 9.55. The van der Waals surface area contributed by atoms with Crippen LogP contribution >= 0.6 is 11.3 Å². The van der Waals surface area contributed by atoms with Crippen LogP contribution in [0.15, 0.2) is 15.0 Å². The second-order valence-electron chi connectivity index (χ2n) is 8.59. The standard InChI is InChI=1S/C24H34N4O5S/c1-3-5-9-13-27(20-21(25)28(12-6-4-2)24(32)26-22(20)30)19(29)14-33-23(31)17-15-34-18-11-8-7-10-16(17)18/h15H,3-14,25H2,1-2H3,(H,26,30,32). The summed E-state index contributed by atoms with van der Waals surface area (Å²) in [4.78, 5) is 55.6. The highest BCUT2D eigenvalue weighted by atomic mass is 32.1. The summed E-state index contributed by atoms with van der Waals surface area (Å²) in [7, 11) is 0. The molecule has 2 aromatic rings. The number of fused-ring (bicyclic) bond motifs is 1. The van der Waals surface area contributed by atoms with Crippen molar-refractivity contribution in [1.29, 1.82) is 0 Å². The van der Waals surface area contributed by atoms with Crippen LogP contribution in [-0.2, 0) is 28.9 Å². The Hall–Kier alpha value is -2.88. The molecule has 9 nitrogen and oxygen atoms in total. The monoisotopic (exact) mass is 490 g/mol.